The van der Waals surface area contributed by atoms with Crippen LogP contribution < -0.4 is 5.32 Å². The van der Waals surface area contributed by atoms with Gasteiger partial charge in [0.2, 0.25) is 12.0 Å². The highest BCUT2D eigenvalue weighted by Gasteiger charge is 2.14. The lowest BCUT2D eigenvalue weighted by atomic mass is 10.0. The van der Waals surface area contributed by atoms with Crippen molar-refractivity contribution in [3.05, 3.63) is 29.3 Å². The van der Waals surface area contributed by atoms with E-state index in [4.69, 9.17) is 0 Å². The van der Waals surface area contributed by atoms with Crippen molar-refractivity contribution in [1.29, 1.82) is 0 Å². The molecule has 1 heterocycles. The monoisotopic (exact) mass is 202 g/mol. The van der Waals surface area contributed by atoms with Crippen LogP contribution in [0.5, 0.6) is 0 Å². The third-order valence-electron chi connectivity index (χ3n) is 2.39. The van der Waals surface area contributed by atoms with Gasteiger partial charge in [-0.25, -0.2) is 9.79 Å². The van der Waals surface area contributed by atoms with Gasteiger partial charge >= 0.3 is 0 Å². The van der Waals surface area contributed by atoms with E-state index in [0.29, 0.717) is 13.0 Å². The number of nitrogens with zero attached hydrogens (tertiary/aromatic N) is 1. The topological polar surface area (TPSA) is 58.5 Å². The number of aryl methyl sites for hydroxylation is 1. The van der Waals surface area contributed by atoms with Gasteiger partial charge in [-0.05, 0) is 23.6 Å². The first kappa shape index (κ1) is 9.62. The molecular formula is C11H10N2O2. The Balaban J connectivity index is 2.26. The van der Waals surface area contributed by atoms with E-state index < -0.39 is 0 Å². The second-order valence-corrected chi connectivity index (χ2v) is 3.45. The van der Waals surface area contributed by atoms with Gasteiger partial charge < -0.3 is 5.32 Å². The summed E-state index contributed by atoms with van der Waals surface area (Å²) in [4.78, 5) is 24.6. The van der Waals surface area contributed by atoms with Crippen LogP contribution in [0.15, 0.2) is 23.2 Å². The van der Waals surface area contributed by atoms with Crippen molar-refractivity contribution >= 4 is 17.7 Å². The van der Waals surface area contributed by atoms with Gasteiger partial charge in [0.1, 0.15) is 0 Å². The number of carbonyl (C=O) groups is 1. The second-order valence-electron chi connectivity index (χ2n) is 3.45. The largest absolute Gasteiger partial charge is 0.326 e. The predicted molar refractivity (Wildman–Crippen MR) is 55.2 cm³/mol. The highest BCUT2D eigenvalue weighted by molar-refractivity contribution is 5.93. The molecule has 0 radical (unpaired) electrons. The molecule has 0 aliphatic carbocycles. The standard InChI is InChI=1S/C11H10N2O2/c14-7-12-6-8-1-3-10-9(5-8)2-4-11(15)13-10/h1,3,5H,2,4,6H2,(H,13,15). The summed E-state index contributed by atoms with van der Waals surface area (Å²) in [7, 11) is 0. The molecule has 1 amide bonds. The van der Waals surface area contributed by atoms with Crippen LogP contribution in [0.1, 0.15) is 17.5 Å². The van der Waals surface area contributed by atoms with E-state index in [-0.39, 0.29) is 5.91 Å². The Bertz CT molecular complexity index is 448. The van der Waals surface area contributed by atoms with E-state index >= 15 is 0 Å². The van der Waals surface area contributed by atoms with Gasteiger partial charge in [0.15, 0.2) is 0 Å². The summed E-state index contributed by atoms with van der Waals surface area (Å²) in [5.74, 6) is 0.0566. The zero-order chi connectivity index (χ0) is 10.7. The van der Waals surface area contributed by atoms with Crippen LogP contribution in [0.4, 0.5) is 5.69 Å². The fraction of sp³-hybridized carbons (Fsp3) is 0.273. The summed E-state index contributed by atoms with van der Waals surface area (Å²) in [6.07, 6.45) is 2.78. The number of hydrogen-bond donors (Lipinski definition) is 1. The summed E-state index contributed by atoms with van der Waals surface area (Å²) < 4.78 is 0. The van der Waals surface area contributed by atoms with E-state index in [1.54, 1.807) is 0 Å². The molecule has 15 heavy (non-hydrogen) atoms. The summed E-state index contributed by atoms with van der Waals surface area (Å²) >= 11 is 0. The van der Waals surface area contributed by atoms with Crippen LogP contribution in [-0.4, -0.2) is 12.0 Å². The van der Waals surface area contributed by atoms with E-state index in [2.05, 4.69) is 10.3 Å². The summed E-state index contributed by atoms with van der Waals surface area (Å²) in [5, 5.41) is 2.80. The second kappa shape index (κ2) is 4.07. The van der Waals surface area contributed by atoms with Gasteiger partial charge in [-0.2, -0.15) is 0 Å². The van der Waals surface area contributed by atoms with E-state index in [1.807, 2.05) is 18.2 Å². The maximum atomic E-state index is 11.1. The van der Waals surface area contributed by atoms with Crippen molar-refractivity contribution in [3.8, 4) is 0 Å². The lowest BCUT2D eigenvalue weighted by Gasteiger charge is -2.16. The van der Waals surface area contributed by atoms with Crippen molar-refractivity contribution in [2.45, 2.75) is 19.4 Å². The molecule has 76 valence electrons. The number of hydrogen-bond acceptors (Lipinski definition) is 3. The smallest absolute Gasteiger partial charge is 0.235 e. The van der Waals surface area contributed by atoms with Crippen molar-refractivity contribution in [2.75, 3.05) is 5.32 Å². The van der Waals surface area contributed by atoms with Gasteiger partial charge in [-0.3, -0.25) is 4.79 Å². The molecule has 0 atom stereocenters. The molecule has 2 rings (SSSR count). The van der Waals surface area contributed by atoms with Crippen LogP contribution in [0.2, 0.25) is 0 Å². The van der Waals surface area contributed by atoms with E-state index in [9.17, 15) is 9.59 Å². The minimum absolute atomic E-state index is 0.0566. The number of benzene rings is 1. The molecule has 0 bridgehead atoms. The Morgan fingerprint density at radius 1 is 1.40 bits per heavy atom. The molecule has 0 unspecified atom stereocenters. The van der Waals surface area contributed by atoms with Crippen molar-refractivity contribution in [3.63, 3.8) is 0 Å². The molecule has 4 nitrogen and oxygen atoms in total. The number of carbonyl (C=O) groups excluding carboxylic acids is 2. The van der Waals surface area contributed by atoms with Gasteiger partial charge in [0.25, 0.3) is 0 Å². The third kappa shape index (κ3) is 2.11. The first-order valence-electron chi connectivity index (χ1n) is 4.75. The highest BCUT2D eigenvalue weighted by atomic mass is 16.1. The lowest BCUT2D eigenvalue weighted by molar-refractivity contribution is -0.116. The molecule has 1 aromatic carbocycles. The molecule has 1 N–H and O–H groups in total. The SMILES string of the molecule is O=C=NCc1ccc2c(c1)CCC(=O)N2. The zero-order valence-corrected chi connectivity index (χ0v) is 8.12. The first-order chi connectivity index (χ1) is 7.29. The molecule has 0 saturated heterocycles. The average Bonchev–Trinajstić information content (AvgIpc) is 2.26. The van der Waals surface area contributed by atoms with Crippen LogP contribution in [-0.2, 0) is 22.6 Å². The number of rotatable bonds is 2. The quantitative estimate of drug-likeness (QED) is 0.582. The predicted octanol–water partition coefficient (Wildman–Crippen LogP) is 1.41. The van der Waals surface area contributed by atoms with Gasteiger partial charge in [0.05, 0.1) is 6.54 Å². The van der Waals surface area contributed by atoms with Gasteiger partial charge in [-0.1, -0.05) is 12.1 Å². The Labute approximate surface area is 87.0 Å². The fourth-order valence-electron chi connectivity index (χ4n) is 1.66. The molecular weight excluding hydrogens is 192 g/mol. The average molecular weight is 202 g/mol. The van der Waals surface area contributed by atoms with Crippen molar-refractivity contribution in [1.82, 2.24) is 0 Å². The highest BCUT2D eigenvalue weighted by Crippen LogP contribution is 2.23. The summed E-state index contributed by atoms with van der Waals surface area (Å²) in [6, 6.07) is 5.67. The molecule has 1 aliphatic heterocycles. The number of isocyanates is 1. The normalized spacial score (nSPS) is 13.7. The molecule has 0 fully saturated rings. The van der Waals surface area contributed by atoms with Crippen LogP contribution in [0.25, 0.3) is 0 Å². The first-order valence-corrected chi connectivity index (χ1v) is 4.75. The molecule has 1 aliphatic rings. The Kier molecular flexibility index (Phi) is 2.61. The van der Waals surface area contributed by atoms with Crippen molar-refractivity contribution in [2.24, 2.45) is 4.99 Å². The minimum atomic E-state index is 0.0566. The number of amides is 1. The Morgan fingerprint density at radius 3 is 3.07 bits per heavy atom. The van der Waals surface area contributed by atoms with E-state index in [0.717, 1.165) is 23.2 Å². The maximum Gasteiger partial charge on any atom is 0.235 e. The van der Waals surface area contributed by atoms with Crippen LogP contribution >= 0.6 is 0 Å². The molecule has 0 aromatic heterocycles. The van der Waals surface area contributed by atoms with Crippen molar-refractivity contribution < 1.29 is 9.59 Å². The summed E-state index contributed by atoms with van der Waals surface area (Å²) in [6.45, 7) is 0.352. The van der Waals surface area contributed by atoms with Gasteiger partial charge in [0, 0.05) is 12.1 Å². The molecule has 4 heteroatoms. The number of fused-ring (bicyclic) bond motifs is 1. The summed E-state index contributed by atoms with van der Waals surface area (Å²) in [5.41, 5.74) is 2.94. The number of anilines is 1. The minimum Gasteiger partial charge on any atom is -0.326 e. The molecule has 0 saturated carbocycles. The molecule has 1 aromatic rings. The van der Waals surface area contributed by atoms with Crippen LogP contribution in [0, 0.1) is 0 Å². The Hall–Kier alpha value is -1.93. The third-order valence-corrected chi connectivity index (χ3v) is 2.39. The van der Waals surface area contributed by atoms with Crippen LogP contribution in [0.3, 0.4) is 0 Å². The lowest BCUT2D eigenvalue weighted by Crippen LogP contribution is -2.18. The number of aliphatic imine (C=N–C) groups is 1. The molecule has 0 spiro atoms. The number of nitrogens with one attached hydrogen (secondary N) is 1. The van der Waals surface area contributed by atoms with Gasteiger partial charge in [-0.15, -0.1) is 0 Å². The Morgan fingerprint density at radius 2 is 2.27 bits per heavy atom. The maximum absolute atomic E-state index is 11.1. The zero-order valence-electron chi connectivity index (χ0n) is 8.12. The fourth-order valence-corrected chi connectivity index (χ4v) is 1.66. The van der Waals surface area contributed by atoms with E-state index in [1.165, 1.54) is 6.08 Å².